The molecule has 0 aromatic carbocycles. The molecule has 1 aliphatic rings. The molecule has 1 fully saturated rings. The molecule has 2 rings (SSSR count). The third-order valence-corrected chi connectivity index (χ3v) is 4.02. The SMILES string of the molecule is CCC1(CC)CN(Cc2ccoc2)CCCN1. The van der Waals surface area contributed by atoms with Crippen LogP contribution in [0.15, 0.2) is 23.0 Å². The van der Waals surface area contributed by atoms with E-state index in [1.165, 1.54) is 31.4 Å². The highest BCUT2D eigenvalue weighted by molar-refractivity contribution is 5.05. The van der Waals surface area contributed by atoms with E-state index in [0.717, 1.165) is 19.6 Å². The molecule has 0 saturated carbocycles. The maximum absolute atomic E-state index is 5.15. The smallest absolute Gasteiger partial charge is 0.0947 e. The third-order valence-electron chi connectivity index (χ3n) is 4.02. The van der Waals surface area contributed by atoms with Gasteiger partial charge in [0.2, 0.25) is 0 Å². The van der Waals surface area contributed by atoms with E-state index in [4.69, 9.17) is 4.42 Å². The minimum atomic E-state index is 0.306. The molecule has 2 heterocycles. The molecule has 0 bridgehead atoms. The summed E-state index contributed by atoms with van der Waals surface area (Å²) in [7, 11) is 0. The largest absolute Gasteiger partial charge is 0.472 e. The van der Waals surface area contributed by atoms with Crippen LogP contribution >= 0.6 is 0 Å². The highest BCUT2D eigenvalue weighted by Gasteiger charge is 2.30. The second-order valence-corrected chi connectivity index (χ2v) is 5.11. The Hall–Kier alpha value is -0.800. The summed E-state index contributed by atoms with van der Waals surface area (Å²) >= 11 is 0. The molecule has 0 unspecified atom stereocenters. The Kier molecular flexibility index (Phi) is 4.24. The average Bonchev–Trinajstić information content (AvgIpc) is 2.76. The third kappa shape index (κ3) is 3.11. The van der Waals surface area contributed by atoms with Crippen LogP contribution in [0.3, 0.4) is 0 Å². The highest BCUT2D eigenvalue weighted by Crippen LogP contribution is 2.21. The van der Waals surface area contributed by atoms with Gasteiger partial charge in [0.15, 0.2) is 0 Å². The van der Waals surface area contributed by atoms with Gasteiger partial charge >= 0.3 is 0 Å². The van der Waals surface area contributed by atoms with Crippen LogP contribution in [0, 0.1) is 0 Å². The molecule has 3 heteroatoms. The maximum atomic E-state index is 5.15. The predicted octanol–water partition coefficient (Wildman–Crippen LogP) is 2.63. The minimum absolute atomic E-state index is 0.306. The molecule has 1 aromatic heterocycles. The van der Waals surface area contributed by atoms with Crippen LogP contribution in [-0.4, -0.2) is 30.1 Å². The van der Waals surface area contributed by atoms with E-state index in [0.29, 0.717) is 5.54 Å². The van der Waals surface area contributed by atoms with Gasteiger partial charge in [-0.1, -0.05) is 13.8 Å². The molecule has 17 heavy (non-hydrogen) atoms. The molecule has 0 spiro atoms. The molecule has 0 amide bonds. The van der Waals surface area contributed by atoms with Crippen LogP contribution < -0.4 is 5.32 Å². The van der Waals surface area contributed by atoms with E-state index in [1.54, 1.807) is 6.26 Å². The van der Waals surface area contributed by atoms with Crippen molar-refractivity contribution in [3.05, 3.63) is 24.2 Å². The summed E-state index contributed by atoms with van der Waals surface area (Å²) in [4.78, 5) is 2.55. The zero-order chi connectivity index (χ0) is 12.1. The number of nitrogens with one attached hydrogen (secondary N) is 1. The van der Waals surface area contributed by atoms with E-state index in [9.17, 15) is 0 Å². The first-order chi connectivity index (χ1) is 8.28. The van der Waals surface area contributed by atoms with Gasteiger partial charge in [-0.05, 0) is 38.4 Å². The fourth-order valence-corrected chi connectivity index (χ4v) is 2.72. The van der Waals surface area contributed by atoms with E-state index < -0.39 is 0 Å². The first kappa shape index (κ1) is 12.7. The van der Waals surface area contributed by atoms with Crippen molar-refractivity contribution in [1.29, 1.82) is 0 Å². The maximum Gasteiger partial charge on any atom is 0.0947 e. The molecular formula is C14H24N2O. The fraction of sp³-hybridized carbons (Fsp3) is 0.714. The number of nitrogens with zero attached hydrogens (tertiary/aromatic N) is 1. The molecule has 3 nitrogen and oxygen atoms in total. The number of hydrogen-bond acceptors (Lipinski definition) is 3. The van der Waals surface area contributed by atoms with Crippen molar-refractivity contribution in [3.63, 3.8) is 0 Å². The Morgan fingerprint density at radius 1 is 1.41 bits per heavy atom. The van der Waals surface area contributed by atoms with Crippen LogP contribution in [0.25, 0.3) is 0 Å². The van der Waals surface area contributed by atoms with E-state index in [-0.39, 0.29) is 0 Å². The van der Waals surface area contributed by atoms with Crippen LogP contribution in [0.2, 0.25) is 0 Å². The first-order valence-corrected chi connectivity index (χ1v) is 6.76. The van der Waals surface area contributed by atoms with Gasteiger partial charge < -0.3 is 9.73 Å². The summed E-state index contributed by atoms with van der Waals surface area (Å²) in [5, 5.41) is 3.74. The molecule has 96 valence electrons. The van der Waals surface area contributed by atoms with Crippen molar-refractivity contribution in [1.82, 2.24) is 10.2 Å². The second-order valence-electron chi connectivity index (χ2n) is 5.11. The summed E-state index contributed by atoms with van der Waals surface area (Å²) in [6.07, 6.45) is 7.26. The Labute approximate surface area is 104 Å². The van der Waals surface area contributed by atoms with E-state index in [2.05, 4.69) is 30.1 Å². The molecule has 1 N–H and O–H groups in total. The average molecular weight is 236 g/mol. The highest BCUT2D eigenvalue weighted by atomic mass is 16.3. The summed E-state index contributed by atoms with van der Waals surface area (Å²) in [5.74, 6) is 0. The van der Waals surface area contributed by atoms with Crippen molar-refractivity contribution in [3.8, 4) is 0 Å². The van der Waals surface area contributed by atoms with E-state index in [1.807, 2.05) is 6.26 Å². The first-order valence-electron chi connectivity index (χ1n) is 6.76. The summed E-state index contributed by atoms with van der Waals surface area (Å²) < 4.78 is 5.15. The van der Waals surface area contributed by atoms with Gasteiger partial charge in [-0.3, -0.25) is 4.90 Å². The predicted molar refractivity (Wildman–Crippen MR) is 69.9 cm³/mol. The normalized spacial score (nSPS) is 21.3. The summed E-state index contributed by atoms with van der Waals surface area (Å²) in [6.45, 7) is 9.06. The van der Waals surface area contributed by atoms with Crippen molar-refractivity contribution in [2.45, 2.75) is 45.2 Å². The molecule has 0 radical (unpaired) electrons. The van der Waals surface area contributed by atoms with Gasteiger partial charge in [-0.2, -0.15) is 0 Å². The Morgan fingerprint density at radius 2 is 2.24 bits per heavy atom. The Balaban J connectivity index is 2.01. The lowest BCUT2D eigenvalue weighted by atomic mass is 9.92. The lowest BCUT2D eigenvalue weighted by Crippen LogP contribution is -2.50. The van der Waals surface area contributed by atoms with Gasteiger partial charge in [0.1, 0.15) is 0 Å². The molecule has 1 saturated heterocycles. The molecule has 0 atom stereocenters. The molecular weight excluding hydrogens is 212 g/mol. The standard InChI is InChI=1S/C14H24N2O/c1-3-14(4-2)12-16(8-5-7-15-14)10-13-6-9-17-11-13/h6,9,11,15H,3-5,7-8,10,12H2,1-2H3. The fourth-order valence-electron chi connectivity index (χ4n) is 2.72. The van der Waals surface area contributed by atoms with Gasteiger partial charge in [0, 0.05) is 24.2 Å². The van der Waals surface area contributed by atoms with Crippen molar-refractivity contribution >= 4 is 0 Å². The Bertz CT molecular complexity index is 317. The molecule has 0 aliphatic carbocycles. The minimum Gasteiger partial charge on any atom is -0.472 e. The lowest BCUT2D eigenvalue weighted by Gasteiger charge is -2.35. The topological polar surface area (TPSA) is 28.4 Å². The van der Waals surface area contributed by atoms with E-state index >= 15 is 0 Å². The van der Waals surface area contributed by atoms with Crippen LogP contribution in [0.1, 0.15) is 38.7 Å². The molecule has 1 aromatic rings. The quantitative estimate of drug-likeness (QED) is 0.871. The van der Waals surface area contributed by atoms with Crippen LogP contribution in [-0.2, 0) is 6.54 Å². The van der Waals surface area contributed by atoms with Gasteiger partial charge in [0.25, 0.3) is 0 Å². The summed E-state index contributed by atoms with van der Waals surface area (Å²) in [6, 6.07) is 2.07. The number of hydrogen-bond donors (Lipinski definition) is 1. The van der Waals surface area contributed by atoms with Crippen LogP contribution in [0.5, 0.6) is 0 Å². The lowest BCUT2D eigenvalue weighted by molar-refractivity contribution is 0.191. The van der Waals surface area contributed by atoms with Gasteiger partial charge in [-0.15, -0.1) is 0 Å². The van der Waals surface area contributed by atoms with Gasteiger partial charge in [-0.25, -0.2) is 0 Å². The zero-order valence-electron chi connectivity index (χ0n) is 11.0. The number of rotatable bonds is 4. The zero-order valence-corrected chi connectivity index (χ0v) is 11.0. The van der Waals surface area contributed by atoms with Gasteiger partial charge in [0.05, 0.1) is 12.5 Å². The second kappa shape index (κ2) is 5.69. The molecule has 1 aliphatic heterocycles. The van der Waals surface area contributed by atoms with Crippen molar-refractivity contribution in [2.24, 2.45) is 0 Å². The van der Waals surface area contributed by atoms with Crippen molar-refractivity contribution in [2.75, 3.05) is 19.6 Å². The number of furan rings is 1. The van der Waals surface area contributed by atoms with Crippen molar-refractivity contribution < 1.29 is 4.42 Å². The monoisotopic (exact) mass is 236 g/mol. The van der Waals surface area contributed by atoms with Crippen LogP contribution in [0.4, 0.5) is 0 Å². The summed E-state index contributed by atoms with van der Waals surface area (Å²) in [5.41, 5.74) is 1.59. The Morgan fingerprint density at radius 3 is 2.88 bits per heavy atom.